The lowest BCUT2D eigenvalue weighted by Gasteiger charge is -2.23. The molecule has 0 aliphatic carbocycles. The van der Waals surface area contributed by atoms with Gasteiger partial charge in [0.25, 0.3) is 5.91 Å². The summed E-state index contributed by atoms with van der Waals surface area (Å²) in [6.45, 7) is 2.90. The summed E-state index contributed by atoms with van der Waals surface area (Å²) in [5, 5.41) is 0. The molecule has 0 heterocycles. The van der Waals surface area contributed by atoms with Crippen molar-refractivity contribution in [3.8, 4) is 17.2 Å². The number of benzene rings is 1. The highest BCUT2D eigenvalue weighted by molar-refractivity contribution is 5.95. The molecule has 0 bridgehead atoms. The molecule has 0 saturated heterocycles. The Morgan fingerprint density at radius 1 is 0.960 bits per heavy atom. The van der Waals surface area contributed by atoms with Crippen LogP contribution < -0.4 is 14.2 Å². The van der Waals surface area contributed by atoms with Gasteiger partial charge >= 0.3 is 5.97 Å². The zero-order valence-corrected chi connectivity index (χ0v) is 15.6. The van der Waals surface area contributed by atoms with Crippen LogP contribution in [0, 0.1) is 0 Å². The lowest BCUT2D eigenvalue weighted by atomic mass is 10.1. The molecule has 0 aliphatic rings. The van der Waals surface area contributed by atoms with Gasteiger partial charge < -0.3 is 23.8 Å². The molecule has 1 aromatic rings. The van der Waals surface area contributed by atoms with Crippen LogP contribution in [0.25, 0.3) is 0 Å². The van der Waals surface area contributed by atoms with E-state index in [1.54, 1.807) is 17.0 Å². The number of carbonyl (C=O) groups is 2. The molecule has 0 saturated carbocycles. The van der Waals surface area contributed by atoms with Crippen LogP contribution in [-0.2, 0) is 9.53 Å². The van der Waals surface area contributed by atoms with Crippen molar-refractivity contribution < 1.29 is 28.5 Å². The van der Waals surface area contributed by atoms with E-state index in [2.05, 4.69) is 4.74 Å². The molecule has 0 aromatic heterocycles. The predicted octanol–water partition coefficient (Wildman–Crippen LogP) is 2.52. The third-order valence-electron chi connectivity index (χ3n) is 3.79. The topological polar surface area (TPSA) is 74.3 Å². The first-order valence-electron chi connectivity index (χ1n) is 8.18. The number of amides is 1. The molecule has 0 radical (unpaired) electrons. The number of unbranched alkanes of at least 4 members (excludes halogenated alkanes) is 1. The maximum absolute atomic E-state index is 12.9. The summed E-state index contributed by atoms with van der Waals surface area (Å²) >= 11 is 0. The summed E-state index contributed by atoms with van der Waals surface area (Å²) in [5.41, 5.74) is 0.412. The summed E-state index contributed by atoms with van der Waals surface area (Å²) in [7, 11) is 5.83. The molecule has 1 amide bonds. The molecule has 0 aliphatic heterocycles. The van der Waals surface area contributed by atoms with Crippen LogP contribution in [0.3, 0.4) is 0 Å². The Kier molecular flexibility index (Phi) is 8.60. The predicted molar refractivity (Wildman–Crippen MR) is 93.5 cm³/mol. The second kappa shape index (κ2) is 10.4. The monoisotopic (exact) mass is 353 g/mol. The first kappa shape index (κ1) is 20.6. The number of esters is 1. The van der Waals surface area contributed by atoms with Crippen LogP contribution in [0.15, 0.2) is 12.1 Å². The van der Waals surface area contributed by atoms with E-state index in [0.29, 0.717) is 35.9 Å². The van der Waals surface area contributed by atoms with Crippen LogP contribution in [0.5, 0.6) is 17.2 Å². The summed E-state index contributed by atoms with van der Waals surface area (Å²) in [5.74, 6) is 0.703. The van der Waals surface area contributed by atoms with Gasteiger partial charge in [-0.3, -0.25) is 9.59 Å². The Labute approximate surface area is 148 Å². The maximum atomic E-state index is 12.9. The zero-order chi connectivity index (χ0) is 18.8. The van der Waals surface area contributed by atoms with Crippen molar-refractivity contribution in [2.75, 3.05) is 41.5 Å². The summed E-state index contributed by atoms with van der Waals surface area (Å²) in [6, 6.07) is 3.22. The SMILES string of the molecule is CCCCN(CCC(=O)OC)C(=O)c1cc(OC)c(OC)c(OC)c1. The van der Waals surface area contributed by atoms with Crippen molar-refractivity contribution in [1.82, 2.24) is 4.90 Å². The minimum Gasteiger partial charge on any atom is -0.493 e. The Hall–Kier alpha value is -2.44. The van der Waals surface area contributed by atoms with Crippen molar-refractivity contribution in [1.29, 1.82) is 0 Å². The van der Waals surface area contributed by atoms with Gasteiger partial charge in [0.15, 0.2) is 11.5 Å². The Morgan fingerprint density at radius 3 is 2.00 bits per heavy atom. The number of carbonyl (C=O) groups excluding carboxylic acids is 2. The second-order valence-electron chi connectivity index (χ2n) is 5.39. The first-order valence-corrected chi connectivity index (χ1v) is 8.18. The van der Waals surface area contributed by atoms with E-state index < -0.39 is 0 Å². The highest BCUT2D eigenvalue weighted by Gasteiger charge is 2.21. The van der Waals surface area contributed by atoms with Gasteiger partial charge in [-0.15, -0.1) is 0 Å². The van der Waals surface area contributed by atoms with Crippen LogP contribution >= 0.6 is 0 Å². The van der Waals surface area contributed by atoms with Crippen molar-refractivity contribution in [2.45, 2.75) is 26.2 Å². The number of nitrogens with zero attached hydrogens (tertiary/aromatic N) is 1. The van der Waals surface area contributed by atoms with E-state index >= 15 is 0 Å². The lowest BCUT2D eigenvalue weighted by Crippen LogP contribution is -2.34. The lowest BCUT2D eigenvalue weighted by molar-refractivity contribution is -0.140. The molecule has 0 atom stereocenters. The van der Waals surface area contributed by atoms with Gasteiger partial charge in [0.2, 0.25) is 5.75 Å². The minimum atomic E-state index is -0.348. The molecule has 0 unspecified atom stereocenters. The highest BCUT2D eigenvalue weighted by Crippen LogP contribution is 2.38. The number of ether oxygens (including phenoxy) is 4. The van der Waals surface area contributed by atoms with Gasteiger partial charge in [0, 0.05) is 18.7 Å². The van der Waals surface area contributed by atoms with Gasteiger partial charge in [0.1, 0.15) is 0 Å². The van der Waals surface area contributed by atoms with Crippen LogP contribution in [0.4, 0.5) is 0 Å². The Bertz CT molecular complexity index is 562. The number of methoxy groups -OCH3 is 4. The molecule has 1 rings (SSSR count). The summed E-state index contributed by atoms with van der Waals surface area (Å²) in [4.78, 5) is 26.0. The van der Waals surface area contributed by atoms with Crippen LogP contribution in [0.1, 0.15) is 36.5 Å². The molecule has 0 N–H and O–H groups in total. The first-order chi connectivity index (χ1) is 12.0. The van der Waals surface area contributed by atoms with Gasteiger partial charge in [0.05, 0.1) is 34.9 Å². The maximum Gasteiger partial charge on any atom is 0.307 e. The van der Waals surface area contributed by atoms with Crippen molar-refractivity contribution in [3.63, 3.8) is 0 Å². The van der Waals surface area contributed by atoms with Crippen LogP contribution in [-0.4, -0.2) is 58.3 Å². The van der Waals surface area contributed by atoms with Crippen molar-refractivity contribution in [2.24, 2.45) is 0 Å². The quantitative estimate of drug-likeness (QED) is 0.602. The fraction of sp³-hybridized carbons (Fsp3) is 0.556. The average Bonchev–Trinajstić information content (AvgIpc) is 2.65. The smallest absolute Gasteiger partial charge is 0.307 e. The Balaban J connectivity index is 3.11. The van der Waals surface area contributed by atoms with Crippen LogP contribution in [0.2, 0.25) is 0 Å². The van der Waals surface area contributed by atoms with E-state index in [1.807, 2.05) is 6.92 Å². The minimum absolute atomic E-state index is 0.149. The standard InChI is InChI=1S/C18H27NO6/c1-6-7-9-19(10-8-16(20)24-4)18(21)13-11-14(22-2)17(25-5)15(12-13)23-3/h11-12H,6-10H2,1-5H3. The summed E-state index contributed by atoms with van der Waals surface area (Å²) < 4.78 is 20.5. The normalized spacial score (nSPS) is 10.1. The van der Waals surface area contributed by atoms with Crippen molar-refractivity contribution >= 4 is 11.9 Å². The van der Waals surface area contributed by atoms with E-state index in [0.717, 1.165) is 12.8 Å². The highest BCUT2D eigenvalue weighted by atomic mass is 16.5. The van der Waals surface area contributed by atoms with Gasteiger partial charge in [-0.2, -0.15) is 0 Å². The molecular formula is C18H27NO6. The average molecular weight is 353 g/mol. The molecule has 0 spiro atoms. The molecule has 1 aromatic carbocycles. The van der Waals surface area contributed by atoms with Crippen molar-refractivity contribution in [3.05, 3.63) is 17.7 Å². The summed E-state index contributed by atoms with van der Waals surface area (Å²) in [6.07, 6.45) is 1.94. The second-order valence-corrected chi connectivity index (χ2v) is 5.39. The fourth-order valence-corrected chi connectivity index (χ4v) is 2.38. The van der Waals surface area contributed by atoms with E-state index in [-0.39, 0.29) is 18.3 Å². The molecule has 25 heavy (non-hydrogen) atoms. The molecular weight excluding hydrogens is 326 g/mol. The Morgan fingerprint density at radius 2 is 1.56 bits per heavy atom. The van der Waals surface area contributed by atoms with E-state index in [1.165, 1.54) is 28.4 Å². The number of rotatable bonds is 10. The molecule has 7 nitrogen and oxygen atoms in total. The number of hydrogen-bond donors (Lipinski definition) is 0. The van der Waals surface area contributed by atoms with Gasteiger partial charge in [-0.1, -0.05) is 13.3 Å². The van der Waals surface area contributed by atoms with E-state index in [9.17, 15) is 9.59 Å². The molecule has 0 fully saturated rings. The van der Waals surface area contributed by atoms with Gasteiger partial charge in [-0.05, 0) is 18.6 Å². The third-order valence-corrected chi connectivity index (χ3v) is 3.79. The molecule has 140 valence electrons. The zero-order valence-electron chi connectivity index (χ0n) is 15.6. The van der Waals surface area contributed by atoms with Gasteiger partial charge in [-0.25, -0.2) is 0 Å². The molecule has 7 heteroatoms. The fourth-order valence-electron chi connectivity index (χ4n) is 2.38. The number of hydrogen-bond acceptors (Lipinski definition) is 6. The third kappa shape index (κ3) is 5.55. The van der Waals surface area contributed by atoms with E-state index in [4.69, 9.17) is 14.2 Å². The largest absolute Gasteiger partial charge is 0.493 e.